The van der Waals surface area contributed by atoms with Gasteiger partial charge in [0.2, 0.25) is 0 Å². The Morgan fingerprint density at radius 3 is 2.80 bits per heavy atom. The lowest BCUT2D eigenvalue weighted by molar-refractivity contribution is -0.144. The van der Waals surface area contributed by atoms with Crippen molar-refractivity contribution in [2.24, 2.45) is 4.99 Å². The SMILES string of the molecule is COC(=O)C1CC(O)CN1C1=NC(=O)/C(=C\c2ccc(SC)cc2)S1. The van der Waals surface area contributed by atoms with Crippen molar-refractivity contribution < 1.29 is 19.4 Å². The van der Waals surface area contributed by atoms with Gasteiger partial charge in [0.15, 0.2) is 5.17 Å². The minimum atomic E-state index is -0.644. The van der Waals surface area contributed by atoms with Gasteiger partial charge in [-0.1, -0.05) is 12.1 Å². The van der Waals surface area contributed by atoms with Crippen molar-refractivity contribution in [1.82, 2.24) is 4.90 Å². The van der Waals surface area contributed by atoms with Crippen LogP contribution in [0.15, 0.2) is 39.1 Å². The standard InChI is InChI=1S/C17H18N2O4S2/c1-23-16(22)13-8-11(20)9-19(13)17-18-15(21)14(25-17)7-10-3-5-12(24-2)6-4-10/h3-7,11,13,20H,8-9H2,1-2H3/b14-7+. The van der Waals surface area contributed by atoms with Gasteiger partial charge in [-0.15, -0.1) is 11.8 Å². The molecule has 1 aromatic carbocycles. The summed E-state index contributed by atoms with van der Waals surface area (Å²) in [6.07, 6.45) is 3.42. The fraction of sp³-hybridized carbons (Fsp3) is 0.353. The third kappa shape index (κ3) is 3.91. The van der Waals surface area contributed by atoms with Gasteiger partial charge in [-0.05, 0) is 41.8 Å². The van der Waals surface area contributed by atoms with E-state index in [1.54, 1.807) is 22.7 Å². The molecule has 1 fully saturated rings. The normalized spacial score (nSPS) is 24.8. The number of ether oxygens (including phenoxy) is 1. The van der Waals surface area contributed by atoms with E-state index in [9.17, 15) is 14.7 Å². The van der Waals surface area contributed by atoms with Crippen molar-refractivity contribution in [2.45, 2.75) is 23.5 Å². The number of β-amino-alcohol motifs (C(OH)–C–C–N with tert-alkyl or cyclic N) is 1. The Kier molecular flexibility index (Phi) is 5.51. The summed E-state index contributed by atoms with van der Waals surface area (Å²) in [5.41, 5.74) is 0.913. The van der Waals surface area contributed by atoms with Crippen LogP contribution in [-0.4, -0.2) is 59.1 Å². The largest absolute Gasteiger partial charge is 0.467 e. The number of esters is 1. The van der Waals surface area contributed by atoms with Crippen molar-refractivity contribution in [2.75, 3.05) is 19.9 Å². The summed E-state index contributed by atoms with van der Waals surface area (Å²) in [5, 5.41) is 10.3. The Morgan fingerprint density at radius 1 is 1.44 bits per heavy atom. The summed E-state index contributed by atoms with van der Waals surface area (Å²) in [6, 6.07) is 7.27. The van der Waals surface area contributed by atoms with Crippen LogP contribution in [0.5, 0.6) is 0 Å². The van der Waals surface area contributed by atoms with Crippen LogP contribution >= 0.6 is 23.5 Å². The Hall–Kier alpha value is -1.77. The van der Waals surface area contributed by atoms with Gasteiger partial charge in [-0.2, -0.15) is 4.99 Å². The number of amidine groups is 1. The number of hydrogen-bond acceptors (Lipinski definition) is 7. The summed E-state index contributed by atoms with van der Waals surface area (Å²) in [6.45, 7) is 0.259. The number of carbonyl (C=O) groups excluding carboxylic acids is 2. The van der Waals surface area contributed by atoms with Crippen molar-refractivity contribution in [3.63, 3.8) is 0 Å². The number of carbonyl (C=O) groups is 2. The Bertz CT molecular complexity index is 746. The minimum absolute atomic E-state index is 0.259. The van der Waals surface area contributed by atoms with Crippen LogP contribution in [0, 0.1) is 0 Å². The second-order valence-corrected chi connectivity index (χ2v) is 7.55. The average molecular weight is 378 g/mol. The molecule has 2 atom stereocenters. The summed E-state index contributed by atoms with van der Waals surface area (Å²) in [5.74, 6) is -0.767. The summed E-state index contributed by atoms with van der Waals surface area (Å²) in [7, 11) is 1.31. The summed E-state index contributed by atoms with van der Waals surface area (Å²) < 4.78 is 4.79. The second kappa shape index (κ2) is 7.63. The predicted octanol–water partition coefficient (Wildman–Crippen LogP) is 1.99. The van der Waals surface area contributed by atoms with Gasteiger partial charge in [-0.25, -0.2) is 4.79 Å². The number of thioether (sulfide) groups is 2. The van der Waals surface area contributed by atoms with E-state index in [-0.39, 0.29) is 18.9 Å². The number of aliphatic imine (C=N–C) groups is 1. The maximum Gasteiger partial charge on any atom is 0.328 e. The van der Waals surface area contributed by atoms with Crippen LogP contribution in [-0.2, 0) is 14.3 Å². The molecule has 2 unspecified atom stereocenters. The Balaban J connectivity index is 1.77. The smallest absolute Gasteiger partial charge is 0.328 e. The van der Waals surface area contributed by atoms with Crippen LogP contribution in [0.25, 0.3) is 6.08 Å². The highest BCUT2D eigenvalue weighted by molar-refractivity contribution is 8.18. The van der Waals surface area contributed by atoms with E-state index in [1.807, 2.05) is 30.5 Å². The van der Waals surface area contributed by atoms with Crippen LogP contribution in [0.1, 0.15) is 12.0 Å². The fourth-order valence-corrected chi connectivity index (χ4v) is 4.14. The van der Waals surface area contributed by atoms with Gasteiger partial charge >= 0.3 is 5.97 Å². The highest BCUT2D eigenvalue weighted by Crippen LogP contribution is 2.34. The number of likely N-dealkylation sites (tertiary alicyclic amines) is 1. The fourth-order valence-electron chi connectivity index (χ4n) is 2.76. The summed E-state index contributed by atoms with van der Waals surface area (Å²) in [4.78, 5) is 31.5. The molecular weight excluding hydrogens is 360 g/mol. The number of methoxy groups -OCH3 is 1. The monoisotopic (exact) mass is 378 g/mol. The molecule has 0 spiro atoms. The van der Waals surface area contributed by atoms with Crippen molar-refractivity contribution in [3.05, 3.63) is 34.7 Å². The van der Waals surface area contributed by atoms with Gasteiger partial charge in [0.1, 0.15) is 6.04 Å². The average Bonchev–Trinajstić information content (AvgIpc) is 3.18. The molecule has 25 heavy (non-hydrogen) atoms. The molecule has 1 saturated heterocycles. The van der Waals surface area contributed by atoms with Crippen LogP contribution in [0.3, 0.4) is 0 Å². The molecule has 2 heterocycles. The number of aliphatic hydroxyl groups is 1. The number of aliphatic hydroxyl groups excluding tert-OH is 1. The van der Waals surface area contributed by atoms with E-state index in [1.165, 1.54) is 18.9 Å². The second-order valence-electron chi connectivity index (χ2n) is 5.66. The van der Waals surface area contributed by atoms with E-state index in [2.05, 4.69) is 4.99 Å². The molecule has 2 aliphatic heterocycles. The summed E-state index contributed by atoms with van der Waals surface area (Å²) >= 11 is 2.87. The highest BCUT2D eigenvalue weighted by Gasteiger charge is 2.41. The zero-order valence-electron chi connectivity index (χ0n) is 13.8. The molecule has 1 N–H and O–H groups in total. The maximum absolute atomic E-state index is 12.2. The van der Waals surface area contributed by atoms with Gasteiger partial charge in [0.25, 0.3) is 5.91 Å². The first kappa shape index (κ1) is 18.0. The molecule has 1 aromatic rings. The van der Waals surface area contributed by atoms with Gasteiger partial charge < -0.3 is 14.7 Å². The molecule has 0 saturated carbocycles. The molecule has 8 heteroatoms. The minimum Gasteiger partial charge on any atom is -0.467 e. The highest BCUT2D eigenvalue weighted by atomic mass is 32.2. The van der Waals surface area contributed by atoms with Gasteiger partial charge in [-0.3, -0.25) is 4.79 Å². The van der Waals surface area contributed by atoms with Crippen LogP contribution in [0.4, 0.5) is 0 Å². The quantitative estimate of drug-likeness (QED) is 0.489. The molecule has 0 bridgehead atoms. The van der Waals surface area contributed by atoms with Crippen LogP contribution in [0.2, 0.25) is 0 Å². The first-order valence-corrected chi connectivity index (χ1v) is 9.75. The third-order valence-electron chi connectivity index (χ3n) is 4.02. The Labute approximate surface area is 154 Å². The van der Waals surface area contributed by atoms with Gasteiger partial charge in [0.05, 0.1) is 18.1 Å². The van der Waals surface area contributed by atoms with E-state index in [0.717, 1.165) is 10.5 Å². The first-order valence-electron chi connectivity index (χ1n) is 7.71. The zero-order chi connectivity index (χ0) is 18.0. The number of hydrogen-bond donors (Lipinski definition) is 1. The molecule has 0 aliphatic carbocycles. The number of amides is 1. The molecule has 6 nitrogen and oxygen atoms in total. The first-order chi connectivity index (χ1) is 12.0. The zero-order valence-corrected chi connectivity index (χ0v) is 15.5. The maximum atomic E-state index is 12.2. The van der Waals surface area contributed by atoms with Crippen molar-refractivity contribution in [1.29, 1.82) is 0 Å². The molecule has 2 aliphatic rings. The van der Waals surface area contributed by atoms with E-state index >= 15 is 0 Å². The third-order valence-corrected chi connectivity index (χ3v) is 5.79. The van der Waals surface area contributed by atoms with Gasteiger partial charge in [0, 0.05) is 17.9 Å². The number of rotatable bonds is 3. The number of benzene rings is 1. The number of nitrogens with zero attached hydrogens (tertiary/aromatic N) is 2. The van der Waals surface area contributed by atoms with Crippen molar-refractivity contribution >= 4 is 46.6 Å². The van der Waals surface area contributed by atoms with Crippen LogP contribution < -0.4 is 0 Å². The lowest BCUT2D eigenvalue weighted by atomic mass is 10.2. The Morgan fingerprint density at radius 2 is 2.16 bits per heavy atom. The van der Waals surface area contributed by atoms with Crippen molar-refractivity contribution in [3.8, 4) is 0 Å². The molecule has 132 valence electrons. The molecule has 1 amide bonds. The van der Waals surface area contributed by atoms with E-state index in [4.69, 9.17) is 4.74 Å². The molecule has 0 aromatic heterocycles. The topological polar surface area (TPSA) is 79.2 Å². The van der Waals surface area contributed by atoms with E-state index < -0.39 is 18.1 Å². The molecular formula is C17H18N2O4S2. The van der Waals surface area contributed by atoms with E-state index in [0.29, 0.717) is 10.1 Å². The lowest BCUT2D eigenvalue weighted by Gasteiger charge is -2.22. The lowest BCUT2D eigenvalue weighted by Crippen LogP contribution is -2.39. The molecule has 3 rings (SSSR count). The predicted molar refractivity (Wildman–Crippen MR) is 99.4 cm³/mol. The molecule has 0 radical (unpaired) electrons.